The molecular weight excluding hydrogens is 293 g/mol. The number of benzene rings is 1. The van der Waals surface area contributed by atoms with Gasteiger partial charge in [-0.3, -0.25) is 9.78 Å². The number of fused-ring (bicyclic) bond motifs is 1. The van der Waals surface area contributed by atoms with E-state index in [0.717, 1.165) is 50.0 Å². The fourth-order valence-corrected chi connectivity index (χ4v) is 3.86. The van der Waals surface area contributed by atoms with E-state index in [9.17, 15) is 9.18 Å². The molecule has 23 heavy (non-hydrogen) atoms. The summed E-state index contributed by atoms with van der Waals surface area (Å²) in [6.07, 6.45) is 5.54. The summed E-state index contributed by atoms with van der Waals surface area (Å²) in [5.74, 6) is 0.0276. The Balaban J connectivity index is 1.64. The zero-order valence-electron chi connectivity index (χ0n) is 13.0. The van der Waals surface area contributed by atoms with E-state index >= 15 is 0 Å². The van der Waals surface area contributed by atoms with Gasteiger partial charge in [-0.25, -0.2) is 4.39 Å². The highest BCUT2D eigenvalue weighted by Crippen LogP contribution is 2.30. The molecule has 3 heterocycles. The molecule has 2 saturated heterocycles. The number of rotatable bonds is 2. The maximum absolute atomic E-state index is 13.4. The number of carbonyl (C=O) groups excluding carboxylic acids is 1. The van der Waals surface area contributed by atoms with Gasteiger partial charge in [0.05, 0.1) is 5.52 Å². The van der Waals surface area contributed by atoms with Crippen molar-refractivity contribution in [3.05, 3.63) is 36.3 Å². The normalized spacial score (nSPS) is 22.1. The van der Waals surface area contributed by atoms with Crippen LogP contribution in [0.1, 0.15) is 25.7 Å². The van der Waals surface area contributed by atoms with E-state index in [-0.39, 0.29) is 5.82 Å². The first-order valence-electron chi connectivity index (χ1n) is 8.31. The molecule has 0 unspecified atom stereocenters. The van der Waals surface area contributed by atoms with Gasteiger partial charge in [-0.05, 0) is 37.5 Å². The first-order chi connectivity index (χ1) is 11.2. The van der Waals surface area contributed by atoms with Gasteiger partial charge in [0, 0.05) is 55.4 Å². The van der Waals surface area contributed by atoms with E-state index < -0.39 is 0 Å². The molecule has 4 rings (SSSR count). The maximum atomic E-state index is 13.4. The molecule has 0 N–H and O–H groups in total. The Morgan fingerprint density at radius 1 is 1.17 bits per heavy atom. The minimum atomic E-state index is -0.263. The van der Waals surface area contributed by atoms with Crippen molar-refractivity contribution in [3.8, 4) is 0 Å². The highest BCUT2D eigenvalue weighted by atomic mass is 19.1. The summed E-state index contributed by atoms with van der Waals surface area (Å²) < 4.78 is 13.4. The Morgan fingerprint density at radius 2 is 2.09 bits per heavy atom. The lowest BCUT2D eigenvalue weighted by atomic mass is 10.0. The molecule has 0 bridgehead atoms. The van der Waals surface area contributed by atoms with Crippen LogP contribution < -0.4 is 4.90 Å². The Kier molecular flexibility index (Phi) is 3.63. The number of halogens is 1. The zero-order chi connectivity index (χ0) is 15.8. The van der Waals surface area contributed by atoms with Crippen LogP contribution in [0.15, 0.2) is 30.5 Å². The Bertz CT molecular complexity index is 748. The minimum absolute atomic E-state index is 0.263. The van der Waals surface area contributed by atoms with Gasteiger partial charge in [-0.2, -0.15) is 0 Å². The van der Waals surface area contributed by atoms with E-state index in [4.69, 9.17) is 0 Å². The Hall–Kier alpha value is -2.17. The van der Waals surface area contributed by atoms with Crippen LogP contribution in [-0.2, 0) is 4.79 Å². The molecule has 2 aromatic rings. The molecule has 0 spiro atoms. The number of anilines is 1. The molecular formula is C18H20FN3O. The van der Waals surface area contributed by atoms with E-state index in [1.54, 1.807) is 12.3 Å². The first-order valence-corrected chi connectivity index (χ1v) is 8.31. The fourth-order valence-electron chi connectivity index (χ4n) is 3.86. The molecule has 4 nitrogen and oxygen atoms in total. The monoisotopic (exact) mass is 313 g/mol. The smallest absolute Gasteiger partial charge is 0.222 e. The number of piperidine rings is 1. The Labute approximate surface area is 134 Å². The van der Waals surface area contributed by atoms with Gasteiger partial charge in [-0.1, -0.05) is 0 Å². The van der Waals surface area contributed by atoms with Crippen LogP contribution in [-0.4, -0.2) is 41.5 Å². The summed E-state index contributed by atoms with van der Waals surface area (Å²) in [6.45, 7) is 2.71. The van der Waals surface area contributed by atoms with Gasteiger partial charge in [0.1, 0.15) is 5.82 Å². The summed E-state index contributed by atoms with van der Waals surface area (Å²) in [5, 5.41) is 0.974. The van der Waals surface area contributed by atoms with Crippen LogP contribution in [0.2, 0.25) is 0 Å². The van der Waals surface area contributed by atoms with Gasteiger partial charge in [0.25, 0.3) is 0 Å². The van der Waals surface area contributed by atoms with E-state index in [1.165, 1.54) is 12.1 Å². The lowest BCUT2D eigenvalue weighted by Crippen LogP contribution is -2.48. The SMILES string of the molecule is O=C1CCCN1[C@@H]1CCCN(c2ccnc3cc(F)ccc23)C1. The lowest BCUT2D eigenvalue weighted by Gasteiger charge is -2.39. The van der Waals surface area contributed by atoms with Crippen molar-refractivity contribution in [1.82, 2.24) is 9.88 Å². The number of pyridine rings is 1. The number of carbonyl (C=O) groups is 1. The Morgan fingerprint density at radius 3 is 2.91 bits per heavy atom. The second-order valence-electron chi connectivity index (χ2n) is 6.42. The van der Waals surface area contributed by atoms with Crippen LogP contribution in [0.5, 0.6) is 0 Å². The average Bonchev–Trinajstić information content (AvgIpc) is 3.00. The topological polar surface area (TPSA) is 36.4 Å². The third kappa shape index (κ3) is 2.64. The van der Waals surface area contributed by atoms with Crippen molar-refractivity contribution >= 4 is 22.5 Å². The van der Waals surface area contributed by atoms with Crippen molar-refractivity contribution in [2.45, 2.75) is 31.7 Å². The summed E-state index contributed by atoms with van der Waals surface area (Å²) in [6, 6.07) is 7.05. The van der Waals surface area contributed by atoms with E-state index in [0.29, 0.717) is 23.9 Å². The second-order valence-corrected chi connectivity index (χ2v) is 6.42. The summed E-state index contributed by atoms with van der Waals surface area (Å²) in [4.78, 5) is 20.7. The van der Waals surface area contributed by atoms with Crippen LogP contribution >= 0.6 is 0 Å². The third-order valence-corrected chi connectivity index (χ3v) is 4.97. The molecule has 1 atom stereocenters. The number of hydrogen-bond acceptors (Lipinski definition) is 3. The van der Waals surface area contributed by atoms with Crippen LogP contribution in [0.25, 0.3) is 10.9 Å². The zero-order valence-corrected chi connectivity index (χ0v) is 13.0. The number of amides is 1. The largest absolute Gasteiger partial charge is 0.369 e. The second kappa shape index (κ2) is 5.80. The molecule has 2 fully saturated rings. The summed E-state index contributed by atoms with van der Waals surface area (Å²) >= 11 is 0. The van der Waals surface area contributed by atoms with Gasteiger partial charge in [0.2, 0.25) is 5.91 Å². The minimum Gasteiger partial charge on any atom is -0.369 e. The van der Waals surface area contributed by atoms with Crippen molar-refractivity contribution < 1.29 is 9.18 Å². The molecule has 1 amide bonds. The van der Waals surface area contributed by atoms with Crippen LogP contribution in [0.4, 0.5) is 10.1 Å². The predicted octanol–water partition coefficient (Wildman–Crippen LogP) is 2.97. The van der Waals surface area contributed by atoms with Gasteiger partial charge >= 0.3 is 0 Å². The molecule has 1 aromatic heterocycles. The lowest BCUT2D eigenvalue weighted by molar-refractivity contribution is -0.129. The van der Waals surface area contributed by atoms with Crippen molar-refractivity contribution in [2.24, 2.45) is 0 Å². The fraction of sp³-hybridized carbons (Fsp3) is 0.444. The van der Waals surface area contributed by atoms with Crippen molar-refractivity contribution in [3.63, 3.8) is 0 Å². The highest BCUT2D eigenvalue weighted by molar-refractivity contribution is 5.91. The molecule has 0 aliphatic carbocycles. The molecule has 0 radical (unpaired) electrons. The van der Waals surface area contributed by atoms with E-state index in [2.05, 4.69) is 14.8 Å². The molecule has 5 heteroatoms. The average molecular weight is 313 g/mol. The molecule has 0 saturated carbocycles. The van der Waals surface area contributed by atoms with Gasteiger partial charge in [0.15, 0.2) is 0 Å². The maximum Gasteiger partial charge on any atom is 0.222 e. The number of aromatic nitrogens is 1. The van der Waals surface area contributed by atoms with Crippen LogP contribution in [0.3, 0.4) is 0 Å². The summed E-state index contributed by atoms with van der Waals surface area (Å²) in [7, 11) is 0. The number of hydrogen-bond donors (Lipinski definition) is 0. The summed E-state index contributed by atoms with van der Waals surface area (Å²) in [5.41, 5.74) is 1.77. The van der Waals surface area contributed by atoms with Crippen molar-refractivity contribution in [1.29, 1.82) is 0 Å². The van der Waals surface area contributed by atoms with Crippen molar-refractivity contribution in [2.75, 3.05) is 24.5 Å². The standard InChI is InChI=1S/C18H20FN3O/c19-13-5-6-15-16(11-13)20-8-7-17(15)21-9-1-3-14(12-21)22-10-2-4-18(22)23/h5-8,11,14H,1-4,9-10,12H2/t14-/m1/s1. The van der Waals surface area contributed by atoms with Crippen LogP contribution in [0, 0.1) is 5.82 Å². The molecule has 1 aromatic carbocycles. The van der Waals surface area contributed by atoms with Gasteiger partial charge < -0.3 is 9.80 Å². The third-order valence-electron chi connectivity index (χ3n) is 4.97. The predicted molar refractivity (Wildman–Crippen MR) is 87.9 cm³/mol. The highest BCUT2D eigenvalue weighted by Gasteiger charge is 2.31. The number of nitrogens with zero attached hydrogens (tertiary/aromatic N) is 3. The molecule has 120 valence electrons. The quantitative estimate of drug-likeness (QED) is 0.855. The van der Waals surface area contributed by atoms with Gasteiger partial charge in [-0.15, -0.1) is 0 Å². The first kappa shape index (κ1) is 14.4. The number of likely N-dealkylation sites (tertiary alicyclic amines) is 1. The molecule has 2 aliphatic heterocycles. The molecule has 2 aliphatic rings. The van der Waals surface area contributed by atoms with E-state index in [1.807, 2.05) is 6.07 Å².